The molecule has 10 nitrogen and oxygen atoms in total. The Bertz CT molecular complexity index is 1350. The van der Waals surface area contributed by atoms with Crippen molar-refractivity contribution in [3.8, 4) is 17.9 Å². The Morgan fingerprint density at radius 2 is 1.88 bits per heavy atom. The molecule has 1 aromatic heterocycles. The minimum atomic E-state index is -0.578. The number of rotatable bonds is 10. The van der Waals surface area contributed by atoms with Gasteiger partial charge >= 0.3 is 0 Å². The molecule has 1 aromatic carbocycles. The monoisotopic (exact) mass is 570 g/mol. The van der Waals surface area contributed by atoms with E-state index in [-0.39, 0.29) is 29.8 Å². The van der Waals surface area contributed by atoms with Crippen molar-refractivity contribution < 1.29 is 9.59 Å². The molecule has 3 atom stereocenters. The van der Waals surface area contributed by atoms with Crippen molar-refractivity contribution in [1.29, 1.82) is 5.26 Å². The van der Waals surface area contributed by atoms with Crippen LogP contribution in [0.5, 0.6) is 0 Å². The molecule has 0 bridgehead atoms. The molecule has 2 aromatic rings. The number of nitrogens with one attached hydrogen (secondary N) is 3. The van der Waals surface area contributed by atoms with Gasteiger partial charge in [-0.3, -0.25) is 9.59 Å². The van der Waals surface area contributed by atoms with E-state index in [0.29, 0.717) is 29.4 Å². The normalized spacial score (nSPS) is 17.2. The zero-order chi connectivity index (χ0) is 30.6. The molecule has 3 rings (SSSR count). The molecule has 0 saturated heterocycles. The van der Waals surface area contributed by atoms with Gasteiger partial charge in [-0.2, -0.15) is 10.2 Å². The van der Waals surface area contributed by atoms with Crippen molar-refractivity contribution >= 4 is 29.3 Å². The van der Waals surface area contributed by atoms with Gasteiger partial charge in [0.1, 0.15) is 11.9 Å². The standard InChI is InChI=1S/C32H42N8O2/c1-22(2)35-30-26(21-34-32(38-30)37-27-16-13-25(20-33)14-17-27)15-12-24-9-7-10-28(19-24)36-31(42)23(3)40(6)29(41)11-8-18-39(4)5/h8,11,13-14,16-17,21-24,28H,7,9-10,18-19H2,1-6H3,(H,36,42)(H2,34,35,37,38)/b11-8+/t23-,24-,28-/m0/s1. The first-order valence-electron chi connectivity index (χ1n) is 14.4. The van der Waals surface area contributed by atoms with Crippen LogP contribution in [0.15, 0.2) is 42.6 Å². The summed E-state index contributed by atoms with van der Waals surface area (Å²) in [7, 11) is 5.51. The van der Waals surface area contributed by atoms with Crippen molar-refractivity contribution in [2.24, 2.45) is 5.92 Å². The topological polar surface area (TPSA) is 126 Å². The fourth-order valence-corrected chi connectivity index (χ4v) is 4.48. The molecule has 42 heavy (non-hydrogen) atoms. The van der Waals surface area contributed by atoms with E-state index in [1.807, 2.05) is 45.0 Å². The van der Waals surface area contributed by atoms with Crippen LogP contribution in [0.3, 0.4) is 0 Å². The van der Waals surface area contributed by atoms with Crippen LogP contribution in [-0.2, 0) is 9.59 Å². The molecule has 3 N–H and O–H groups in total. The van der Waals surface area contributed by atoms with E-state index in [9.17, 15) is 9.59 Å². The lowest BCUT2D eigenvalue weighted by Crippen LogP contribution is -2.49. The summed E-state index contributed by atoms with van der Waals surface area (Å²) >= 11 is 0. The average Bonchev–Trinajstić information content (AvgIpc) is 2.96. The van der Waals surface area contributed by atoms with E-state index in [1.165, 1.54) is 11.0 Å². The van der Waals surface area contributed by atoms with Crippen molar-refractivity contribution in [3.05, 3.63) is 53.7 Å². The minimum Gasteiger partial charge on any atom is -0.367 e. The molecule has 222 valence electrons. The summed E-state index contributed by atoms with van der Waals surface area (Å²) in [5.74, 6) is 7.50. The van der Waals surface area contributed by atoms with Crippen LogP contribution in [0.2, 0.25) is 0 Å². The van der Waals surface area contributed by atoms with Gasteiger partial charge in [0, 0.05) is 43.4 Å². The van der Waals surface area contributed by atoms with Gasteiger partial charge in [-0.25, -0.2) is 4.98 Å². The van der Waals surface area contributed by atoms with Gasteiger partial charge in [-0.15, -0.1) is 0 Å². The zero-order valence-corrected chi connectivity index (χ0v) is 25.4. The molecule has 10 heteroatoms. The van der Waals surface area contributed by atoms with Crippen molar-refractivity contribution in [2.45, 2.75) is 64.6 Å². The SMILES string of the molecule is CC(C)Nc1nc(Nc2ccc(C#N)cc2)ncc1C#C[C@@H]1CCC[C@H](NC(=O)[C@H](C)N(C)C(=O)/C=C/CN(C)C)C1. The summed E-state index contributed by atoms with van der Waals surface area (Å²) in [4.78, 5) is 37.9. The third-order valence-electron chi connectivity index (χ3n) is 6.95. The number of nitriles is 1. The van der Waals surface area contributed by atoms with Gasteiger partial charge in [0.15, 0.2) is 0 Å². The summed E-state index contributed by atoms with van der Waals surface area (Å²) < 4.78 is 0. The fraction of sp³-hybridized carbons (Fsp3) is 0.469. The Morgan fingerprint density at radius 1 is 1.14 bits per heavy atom. The zero-order valence-electron chi connectivity index (χ0n) is 25.4. The highest BCUT2D eigenvalue weighted by Gasteiger charge is 2.26. The van der Waals surface area contributed by atoms with E-state index in [0.717, 1.165) is 31.4 Å². The summed E-state index contributed by atoms with van der Waals surface area (Å²) in [6, 6.07) is 8.77. The Morgan fingerprint density at radius 3 is 2.55 bits per heavy atom. The van der Waals surface area contributed by atoms with Crippen LogP contribution in [0, 0.1) is 29.1 Å². The predicted octanol–water partition coefficient (Wildman–Crippen LogP) is 3.90. The van der Waals surface area contributed by atoms with Crippen molar-refractivity contribution in [1.82, 2.24) is 25.1 Å². The Kier molecular flexibility index (Phi) is 11.9. The number of benzene rings is 1. The van der Waals surface area contributed by atoms with Gasteiger partial charge in [-0.1, -0.05) is 24.3 Å². The maximum atomic E-state index is 12.9. The predicted molar refractivity (Wildman–Crippen MR) is 166 cm³/mol. The third kappa shape index (κ3) is 9.90. The number of hydrogen-bond acceptors (Lipinski definition) is 8. The van der Waals surface area contributed by atoms with Crippen LogP contribution >= 0.6 is 0 Å². The molecule has 1 aliphatic rings. The van der Waals surface area contributed by atoms with E-state index >= 15 is 0 Å². The maximum Gasteiger partial charge on any atom is 0.246 e. The quantitative estimate of drug-likeness (QED) is 0.290. The number of nitrogens with zero attached hydrogens (tertiary/aromatic N) is 5. The molecular formula is C32H42N8O2. The third-order valence-corrected chi connectivity index (χ3v) is 6.95. The largest absolute Gasteiger partial charge is 0.367 e. The number of hydrogen-bond donors (Lipinski definition) is 3. The highest BCUT2D eigenvalue weighted by molar-refractivity contribution is 5.92. The molecular weight excluding hydrogens is 528 g/mol. The molecule has 0 spiro atoms. The molecule has 1 fully saturated rings. The lowest BCUT2D eigenvalue weighted by molar-refractivity contribution is -0.135. The lowest BCUT2D eigenvalue weighted by Gasteiger charge is -2.30. The van der Waals surface area contributed by atoms with Crippen molar-refractivity contribution in [3.63, 3.8) is 0 Å². The molecule has 1 aliphatic carbocycles. The Hall–Kier alpha value is -4.41. The molecule has 0 radical (unpaired) electrons. The number of likely N-dealkylation sites (N-methyl/N-ethyl adjacent to an activating group) is 2. The molecule has 2 amide bonds. The number of carbonyl (C=O) groups is 2. The summed E-state index contributed by atoms with van der Waals surface area (Å²) in [5, 5.41) is 18.7. The second-order valence-corrected chi connectivity index (χ2v) is 11.2. The summed E-state index contributed by atoms with van der Waals surface area (Å²) in [6.07, 6.45) is 8.56. The first-order chi connectivity index (χ1) is 20.0. The van der Waals surface area contributed by atoms with Gasteiger partial charge in [0.2, 0.25) is 17.8 Å². The number of anilines is 3. The first-order valence-corrected chi connectivity index (χ1v) is 14.4. The Balaban J connectivity index is 1.63. The van der Waals surface area contributed by atoms with Crippen LogP contribution in [0.1, 0.15) is 57.6 Å². The first kappa shape index (κ1) is 32.1. The highest BCUT2D eigenvalue weighted by Crippen LogP contribution is 2.25. The van der Waals surface area contributed by atoms with Crippen LogP contribution in [-0.4, -0.2) is 77.4 Å². The van der Waals surface area contributed by atoms with Gasteiger partial charge in [0.05, 0.1) is 23.4 Å². The molecule has 1 saturated carbocycles. The summed E-state index contributed by atoms with van der Waals surface area (Å²) in [5.41, 5.74) is 2.07. The highest BCUT2D eigenvalue weighted by atomic mass is 16.2. The molecule has 1 heterocycles. The van der Waals surface area contributed by atoms with E-state index in [2.05, 4.69) is 43.8 Å². The van der Waals surface area contributed by atoms with Crippen molar-refractivity contribution in [2.75, 3.05) is 38.3 Å². The van der Waals surface area contributed by atoms with Gasteiger partial charge in [-0.05, 0) is 78.4 Å². The number of aromatic nitrogens is 2. The van der Waals surface area contributed by atoms with Crippen LogP contribution in [0.4, 0.5) is 17.5 Å². The smallest absolute Gasteiger partial charge is 0.246 e. The second-order valence-electron chi connectivity index (χ2n) is 11.2. The number of carbonyl (C=O) groups excluding carboxylic acids is 2. The van der Waals surface area contributed by atoms with Crippen LogP contribution in [0.25, 0.3) is 0 Å². The second kappa shape index (κ2) is 15.6. The Labute approximate surface area is 249 Å². The van der Waals surface area contributed by atoms with Crippen LogP contribution < -0.4 is 16.0 Å². The average molecular weight is 571 g/mol. The van der Waals surface area contributed by atoms with Gasteiger partial charge in [0.25, 0.3) is 0 Å². The van der Waals surface area contributed by atoms with E-state index in [4.69, 9.17) is 5.26 Å². The number of amides is 2. The molecule has 0 unspecified atom stereocenters. The summed E-state index contributed by atoms with van der Waals surface area (Å²) in [6.45, 7) is 6.47. The fourth-order valence-electron chi connectivity index (χ4n) is 4.48. The molecule has 0 aliphatic heterocycles. The van der Waals surface area contributed by atoms with E-state index < -0.39 is 6.04 Å². The maximum absolute atomic E-state index is 12.9. The lowest BCUT2D eigenvalue weighted by atomic mass is 9.86. The minimum absolute atomic E-state index is 0.00397. The van der Waals surface area contributed by atoms with Gasteiger partial charge < -0.3 is 25.8 Å². The van der Waals surface area contributed by atoms with E-state index in [1.54, 1.807) is 38.4 Å².